The van der Waals surface area contributed by atoms with Gasteiger partial charge in [-0.3, -0.25) is 9.59 Å². The van der Waals surface area contributed by atoms with Crippen molar-refractivity contribution >= 4 is 11.9 Å². The van der Waals surface area contributed by atoms with Gasteiger partial charge < -0.3 is 19.3 Å². The molecule has 8 atom stereocenters. The average molecular weight is 765 g/mol. The van der Waals surface area contributed by atoms with E-state index in [-0.39, 0.29) is 18.0 Å². The summed E-state index contributed by atoms with van der Waals surface area (Å²) in [6.07, 6.45) is 25.0. The first-order chi connectivity index (χ1) is 26.4. The van der Waals surface area contributed by atoms with Crippen LogP contribution in [0.2, 0.25) is 0 Å². The first kappa shape index (κ1) is 50.9. The van der Waals surface area contributed by atoms with Crippen LogP contribution >= 0.6 is 0 Å². The third-order valence-electron chi connectivity index (χ3n) is 13.2. The molecule has 8 bridgehead atoms. The molecule has 0 aromatic carbocycles. The molecule has 54 heavy (non-hydrogen) atoms. The highest BCUT2D eigenvalue weighted by atomic mass is 16.5. The van der Waals surface area contributed by atoms with E-state index in [1.807, 2.05) is 69.2 Å². The quantitative estimate of drug-likeness (QED) is 0.195. The Morgan fingerprint density at radius 3 is 1.31 bits per heavy atom. The molecule has 6 heteroatoms. The summed E-state index contributed by atoms with van der Waals surface area (Å²) in [6, 6.07) is 0. The van der Waals surface area contributed by atoms with Gasteiger partial charge >= 0.3 is 11.9 Å². The summed E-state index contributed by atoms with van der Waals surface area (Å²) in [4.78, 5) is 20.7. The van der Waals surface area contributed by atoms with E-state index in [1.165, 1.54) is 68.6 Å². The summed E-state index contributed by atoms with van der Waals surface area (Å²) in [6.45, 7) is 25.3. The van der Waals surface area contributed by atoms with Gasteiger partial charge in [-0.1, -0.05) is 76.2 Å². The normalized spacial score (nSPS) is 37.3. The van der Waals surface area contributed by atoms with Crippen LogP contribution in [0.25, 0.3) is 0 Å². The van der Waals surface area contributed by atoms with Crippen LogP contribution in [-0.4, -0.2) is 49.6 Å². The molecule has 0 spiro atoms. The molecule has 11 aliphatic rings. The van der Waals surface area contributed by atoms with Gasteiger partial charge in [0.1, 0.15) is 0 Å². The summed E-state index contributed by atoms with van der Waals surface area (Å²) in [5.74, 6) is 11.0. The van der Waals surface area contributed by atoms with E-state index >= 15 is 0 Å². The number of hydrogen-bond acceptors (Lipinski definition) is 6. The number of fused-ring (bicyclic) bond motifs is 9. The molecule has 8 saturated carbocycles. The van der Waals surface area contributed by atoms with Crippen molar-refractivity contribution < 1.29 is 28.9 Å². The second kappa shape index (κ2) is 30.0. The van der Waals surface area contributed by atoms with Crippen molar-refractivity contribution in [3.05, 3.63) is 0 Å². The minimum Gasteiger partial charge on any atom is -0.466 e. The Bertz CT molecular complexity index is 856. The fraction of sp³-hybridized carbons (Fsp3) is 0.958. The van der Waals surface area contributed by atoms with Crippen LogP contribution in [0, 0.1) is 65.1 Å². The predicted molar refractivity (Wildman–Crippen MR) is 227 cm³/mol. The molecule has 3 heterocycles. The highest BCUT2D eigenvalue weighted by molar-refractivity contribution is 5.70. The molecule has 8 unspecified atom stereocenters. The summed E-state index contributed by atoms with van der Waals surface area (Å²) >= 11 is 0. The van der Waals surface area contributed by atoms with Gasteiger partial charge in [-0.2, -0.15) is 0 Å². The number of esters is 2. The van der Waals surface area contributed by atoms with Gasteiger partial charge in [0, 0.05) is 26.1 Å². The first-order valence-corrected chi connectivity index (χ1v) is 24.0. The van der Waals surface area contributed by atoms with Crippen LogP contribution in [0.15, 0.2) is 0 Å². The third kappa shape index (κ3) is 16.4. The number of carbonyl (C=O) groups is 2. The third-order valence-corrected chi connectivity index (χ3v) is 13.2. The van der Waals surface area contributed by atoms with Crippen LogP contribution in [0.5, 0.6) is 0 Å². The molecule has 0 aromatic heterocycles. The van der Waals surface area contributed by atoms with Gasteiger partial charge in [0.15, 0.2) is 0 Å². The summed E-state index contributed by atoms with van der Waals surface area (Å²) in [7, 11) is 0. The van der Waals surface area contributed by atoms with Crippen LogP contribution in [-0.2, 0) is 23.8 Å². The Balaban J connectivity index is 0.000000326. The number of rotatable bonds is 0. The monoisotopic (exact) mass is 765 g/mol. The van der Waals surface area contributed by atoms with Gasteiger partial charge in [0.25, 0.3) is 0 Å². The molecule has 1 N–H and O–H groups in total. The molecule has 6 nitrogen and oxygen atoms in total. The highest BCUT2D eigenvalue weighted by Gasteiger charge is 2.62. The fourth-order valence-corrected chi connectivity index (χ4v) is 11.6. The number of cyclic esters (lactones) is 2. The van der Waals surface area contributed by atoms with E-state index in [0.717, 1.165) is 74.4 Å². The molecule has 8 aliphatic carbocycles. The lowest BCUT2D eigenvalue weighted by Gasteiger charge is -2.49. The van der Waals surface area contributed by atoms with E-state index in [9.17, 15) is 14.7 Å². The SMILES string of the molecule is C1C2CC3CC1CC(C2)C3.C1CCOCC1.CC.CC.CC.CC.CC.CC1CCOC(=O)C1.O=C1CCCCO1.OC1CC2CC1C1C3CCC(C3)C21. The van der Waals surface area contributed by atoms with Gasteiger partial charge in [0.2, 0.25) is 0 Å². The smallest absolute Gasteiger partial charge is 0.306 e. The van der Waals surface area contributed by atoms with Gasteiger partial charge in [-0.25, -0.2) is 0 Å². The van der Waals surface area contributed by atoms with Crippen molar-refractivity contribution in [3.8, 4) is 0 Å². The maximum atomic E-state index is 10.5. The van der Waals surface area contributed by atoms with Crippen molar-refractivity contribution in [3.63, 3.8) is 0 Å². The van der Waals surface area contributed by atoms with Gasteiger partial charge in [-0.05, 0) is 174 Å². The molecule has 0 amide bonds. The molecular weight excluding hydrogens is 673 g/mol. The van der Waals surface area contributed by atoms with Gasteiger partial charge in [0.05, 0.1) is 19.3 Å². The number of ether oxygens (including phenoxy) is 3. The minimum absolute atomic E-state index is 0.0359. The van der Waals surface area contributed by atoms with Crippen LogP contribution in [0.1, 0.15) is 198 Å². The Labute approximate surface area is 335 Å². The Morgan fingerprint density at radius 2 is 0.963 bits per heavy atom. The Hall–Kier alpha value is -1.14. The van der Waals surface area contributed by atoms with Crippen molar-refractivity contribution in [2.45, 2.75) is 204 Å². The second-order valence-corrected chi connectivity index (χ2v) is 16.5. The number of hydrogen-bond donors (Lipinski definition) is 1. The van der Waals surface area contributed by atoms with Crippen LogP contribution < -0.4 is 0 Å². The number of aliphatic hydroxyl groups excluding tert-OH is 1. The highest BCUT2D eigenvalue weighted by Crippen LogP contribution is 2.67. The van der Waals surface area contributed by atoms with Crippen LogP contribution in [0.3, 0.4) is 0 Å². The summed E-state index contributed by atoms with van der Waals surface area (Å²) in [5, 5.41) is 9.89. The first-order valence-electron chi connectivity index (χ1n) is 24.0. The largest absolute Gasteiger partial charge is 0.466 e. The van der Waals surface area contributed by atoms with E-state index in [2.05, 4.69) is 11.7 Å². The zero-order valence-electron chi connectivity index (χ0n) is 37.7. The van der Waals surface area contributed by atoms with E-state index < -0.39 is 0 Å². The van der Waals surface area contributed by atoms with E-state index in [0.29, 0.717) is 32.0 Å². The van der Waals surface area contributed by atoms with Gasteiger partial charge in [-0.15, -0.1) is 0 Å². The minimum atomic E-state index is -0.0382. The average Bonchev–Trinajstić information content (AvgIpc) is 4.03. The maximum Gasteiger partial charge on any atom is 0.306 e. The summed E-state index contributed by atoms with van der Waals surface area (Å²) < 4.78 is 14.4. The lowest BCUT2D eigenvalue weighted by atomic mass is 9.56. The lowest BCUT2D eigenvalue weighted by molar-refractivity contribution is -0.149. The molecule has 3 saturated heterocycles. The summed E-state index contributed by atoms with van der Waals surface area (Å²) in [5.41, 5.74) is 0. The van der Waals surface area contributed by atoms with Crippen molar-refractivity contribution in [2.75, 3.05) is 26.4 Å². The molecular formula is C48H92O6. The zero-order valence-corrected chi connectivity index (χ0v) is 37.7. The van der Waals surface area contributed by atoms with Crippen molar-refractivity contribution in [1.82, 2.24) is 0 Å². The molecule has 320 valence electrons. The number of carbonyl (C=O) groups excluding carboxylic acids is 2. The molecule has 0 aromatic rings. The Kier molecular flexibility index (Phi) is 28.3. The fourth-order valence-electron chi connectivity index (χ4n) is 11.6. The maximum absolute atomic E-state index is 10.5. The zero-order chi connectivity index (χ0) is 40.5. The topological polar surface area (TPSA) is 82.1 Å². The Morgan fingerprint density at radius 1 is 0.481 bits per heavy atom. The standard InChI is InChI=1S/C12H18O.C10H16.C6H10O2.C5H8O2.C5H10O.5C2H6/c13-10-5-8-4-9(10)12-7-2-1-6(3-7)11(8)12;1-7-2-9-4-8(1)5-10(3-7)6-9;1-5-2-3-8-6(7)4-5;6-5-3-1-2-4-7-5;1-2-4-6-5-3-1;5*1-2/h6-13H,1-5H2;7-10H,1-6H2;5H,2-4H2,1H3;1-4H2;1-5H2;5*1-2H3. The molecule has 0 radical (unpaired) electrons. The van der Waals surface area contributed by atoms with E-state index in [1.54, 1.807) is 38.5 Å². The molecule has 3 aliphatic heterocycles. The second-order valence-electron chi connectivity index (χ2n) is 16.5. The molecule has 11 fully saturated rings. The lowest BCUT2D eigenvalue weighted by Crippen LogP contribution is -2.38. The number of aliphatic hydroxyl groups is 1. The van der Waals surface area contributed by atoms with Crippen LogP contribution in [0.4, 0.5) is 0 Å². The van der Waals surface area contributed by atoms with Crippen molar-refractivity contribution in [2.24, 2.45) is 65.1 Å². The molecule has 11 rings (SSSR count). The van der Waals surface area contributed by atoms with E-state index in [4.69, 9.17) is 9.47 Å². The van der Waals surface area contributed by atoms with Crippen molar-refractivity contribution in [1.29, 1.82) is 0 Å². The predicted octanol–water partition coefficient (Wildman–Crippen LogP) is 12.9.